The van der Waals surface area contributed by atoms with Crippen LogP contribution in [0.4, 0.5) is 0 Å². The van der Waals surface area contributed by atoms with E-state index in [2.05, 4.69) is 16.8 Å². The number of methoxy groups -OCH3 is 1. The molecule has 0 radical (unpaired) electrons. The summed E-state index contributed by atoms with van der Waals surface area (Å²) < 4.78 is 7.40. The lowest BCUT2D eigenvalue weighted by molar-refractivity contribution is -0.117. The van der Waals surface area contributed by atoms with Gasteiger partial charge in [-0.2, -0.15) is 0 Å². The minimum Gasteiger partial charge on any atom is -0.497 e. The molecule has 1 N–H and O–H groups in total. The summed E-state index contributed by atoms with van der Waals surface area (Å²) in [4.78, 5) is 16.0. The number of imidazole rings is 1. The zero-order valence-corrected chi connectivity index (χ0v) is 13.0. The molecule has 0 aliphatic rings. The molecule has 5 heteroatoms. The third-order valence-electron chi connectivity index (χ3n) is 3.50. The minimum atomic E-state index is 0.197. The Morgan fingerprint density at radius 1 is 1.43 bits per heavy atom. The molecular weight excluding hydrogens is 266 g/mol. The van der Waals surface area contributed by atoms with Crippen LogP contribution in [0.2, 0.25) is 0 Å². The van der Waals surface area contributed by atoms with Crippen molar-refractivity contribution in [1.29, 1.82) is 0 Å². The second kappa shape index (κ2) is 7.22. The third kappa shape index (κ3) is 3.82. The highest BCUT2D eigenvalue weighted by Gasteiger charge is 2.11. The third-order valence-corrected chi connectivity index (χ3v) is 3.50. The number of rotatable bonds is 8. The van der Waals surface area contributed by atoms with Crippen LogP contribution >= 0.6 is 0 Å². The van der Waals surface area contributed by atoms with E-state index < -0.39 is 0 Å². The summed E-state index contributed by atoms with van der Waals surface area (Å²) in [5.41, 5.74) is 1.98. The van der Waals surface area contributed by atoms with Crippen LogP contribution in [-0.4, -0.2) is 35.5 Å². The van der Waals surface area contributed by atoms with Gasteiger partial charge in [-0.15, -0.1) is 0 Å². The fourth-order valence-corrected chi connectivity index (χ4v) is 2.37. The first-order valence-corrected chi connectivity index (χ1v) is 7.39. The van der Waals surface area contributed by atoms with Gasteiger partial charge in [0.2, 0.25) is 0 Å². The lowest BCUT2D eigenvalue weighted by Crippen LogP contribution is -2.18. The van der Waals surface area contributed by atoms with E-state index in [4.69, 9.17) is 9.72 Å². The lowest BCUT2D eigenvalue weighted by atomic mass is 10.2. The zero-order valence-electron chi connectivity index (χ0n) is 13.0. The van der Waals surface area contributed by atoms with Gasteiger partial charge in [-0.25, -0.2) is 4.98 Å². The monoisotopic (exact) mass is 289 g/mol. The van der Waals surface area contributed by atoms with Crippen molar-refractivity contribution in [2.45, 2.75) is 33.2 Å². The maximum Gasteiger partial charge on any atom is 0.131 e. The van der Waals surface area contributed by atoms with Crippen LogP contribution in [0, 0.1) is 0 Å². The molecule has 0 saturated heterocycles. The molecule has 2 aromatic rings. The maximum atomic E-state index is 11.3. The predicted octanol–water partition coefficient (Wildman–Crippen LogP) is 2.18. The molecule has 5 nitrogen and oxygen atoms in total. The summed E-state index contributed by atoms with van der Waals surface area (Å²) in [5, 5.41) is 3.31. The highest BCUT2D eigenvalue weighted by molar-refractivity contribution is 5.79. The summed E-state index contributed by atoms with van der Waals surface area (Å²) in [5.74, 6) is 2.01. The second-order valence-corrected chi connectivity index (χ2v) is 5.09. The number of ether oxygens (including phenoxy) is 1. The van der Waals surface area contributed by atoms with Gasteiger partial charge in [-0.05, 0) is 25.6 Å². The average molecular weight is 289 g/mol. The molecule has 0 bridgehead atoms. The van der Waals surface area contributed by atoms with E-state index in [0.29, 0.717) is 13.0 Å². The molecule has 114 valence electrons. The van der Waals surface area contributed by atoms with Gasteiger partial charge in [0.1, 0.15) is 17.4 Å². The molecule has 0 aliphatic carbocycles. The number of hydrogen-bond acceptors (Lipinski definition) is 4. The van der Waals surface area contributed by atoms with Crippen molar-refractivity contribution in [2.75, 3.05) is 20.2 Å². The quantitative estimate of drug-likeness (QED) is 0.757. The standard InChI is InChI=1S/C16H23N3O2/c1-4-17-9-7-16-18-14-11-13(21-3)5-6-15(14)19(16)10-8-12(2)20/h5-6,11,17H,4,7-10H2,1-3H3. The molecule has 1 aromatic carbocycles. The van der Waals surface area contributed by atoms with Gasteiger partial charge < -0.3 is 14.6 Å². The van der Waals surface area contributed by atoms with Crippen LogP contribution in [0.1, 0.15) is 26.1 Å². The van der Waals surface area contributed by atoms with E-state index in [1.54, 1.807) is 14.0 Å². The average Bonchev–Trinajstić information content (AvgIpc) is 2.81. The van der Waals surface area contributed by atoms with E-state index in [1.165, 1.54) is 0 Å². The first kappa shape index (κ1) is 15.5. The number of benzene rings is 1. The Kier molecular flexibility index (Phi) is 5.33. The molecule has 0 spiro atoms. The number of hydrogen-bond donors (Lipinski definition) is 1. The van der Waals surface area contributed by atoms with Crippen molar-refractivity contribution in [3.05, 3.63) is 24.0 Å². The molecule has 21 heavy (non-hydrogen) atoms. The van der Waals surface area contributed by atoms with Gasteiger partial charge in [0, 0.05) is 32.0 Å². The van der Waals surface area contributed by atoms with Gasteiger partial charge in [0.15, 0.2) is 0 Å². The van der Waals surface area contributed by atoms with Gasteiger partial charge in [0.25, 0.3) is 0 Å². The summed E-state index contributed by atoms with van der Waals surface area (Å²) >= 11 is 0. The molecule has 1 aromatic heterocycles. The molecular formula is C16H23N3O2. The molecule has 0 amide bonds. The number of aromatic nitrogens is 2. The Hall–Kier alpha value is -1.88. The fourth-order valence-electron chi connectivity index (χ4n) is 2.37. The molecule has 0 atom stereocenters. The van der Waals surface area contributed by atoms with Gasteiger partial charge in [-0.1, -0.05) is 6.92 Å². The Labute approximate surface area is 125 Å². The number of fused-ring (bicyclic) bond motifs is 1. The Balaban J connectivity index is 2.33. The van der Waals surface area contributed by atoms with Crippen molar-refractivity contribution < 1.29 is 9.53 Å². The number of ketones is 1. The number of likely N-dealkylation sites (N-methyl/N-ethyl adjacent to an activating group) is 1. The van der Waals surface area contributed by atoms with Crippen LogP contribution in [0.5, 0.6) is 5.75 Å². The Morgan fingerprint density at radius 2 is 2.24 bits per heavy atom. The molecule has 0 saturated carbocycles. The van der Waals surface area contributed by atoms with E-state index in [-0.39, 0.29) is 5.78 Å². The zero-order chi connectivity index (χ0) is 15.2. The summed E-state index contributed by atoms with van der Waals surface area (Å²) in [6.07, 6.45) is 1.38. The van der Waals surface area contributed by atoms with Gasteiger partial charge in [0.05, 0.1) is 18.1 Å². The van der Waals surface area contributed by atoms with E-state index in [9.17, 15) is 4.79 Å². The molecule has 0 fully saturated rings. The van der Waals surface area contributed by atoms with E-state index in [1.807, 2.05) is 18.2 Å². The van der Waals surface area contributed by atoms with E-state index >= 15 is 0 Å². The molecule has 1 heterocycles. The van der Waals surface area contributed by atoms with Crippen molar-refractivity contribution in [1.82, 2.24) is 14.9 Å². The summed E-state index contributed by atoms with van der Waals surface area (Å²) in [6, 6.07) is 5.89. The van der Waals surface area contributed by atoms with Crippen LogP contribution in [-0.2, 0) is 17.8 Å². The minimum absolute atomic E-state index is 0.197. The van der Waals surface area contributed by atoms with Crippen molar-refractivity contribution in [2.24, 2.45) is 0 Å². The van der Waals surface area contributed by atoms with Gasteiger partial charge >= 0.3 is 0 Å². The fraction of sp³-hybridized carbons (Fsp3) is 0.500. The molecule has 0 aliphatic heterocycles. The lowest BCUT2D eigenvalue weighted by Gasteiger charge is -2.08. The number of nitrogens with zero attached hydrogens (tertiary/aromatic N) is 2. The first-order chi connectivity index (χ1) is 10.2. The van der Waals surface area contributed by atoms with Gasteiger partial charge in [-0.3, -0.25) is 4.79 Å². The van der Waals surface area contributed by atoms with Crippen molar-refractivity contribution in [3.8, 4) is 5.75 Å². The van der Waals surface area contributed by atoms with Crippen LogP contribution in [0.25, 0.3) is 11.0 Å². The van der Waals surface area contributed by atoms with Crippen molar-refractivity contribution >= 4 is 16.8 Å². The number of carbonyl (C=O) groups is 1. The number of carbonyl (C=O) groups excluding carboxylic acids is 1. The number of nitrogens with one attached hydrogen (secondary N) is 1. The molecule has 2 rings (SSSR count). The predicted molar refractivity (Wildman–Crippen MR) is 83.8 cm³/mol. The van der Waals surface area contributed by atoms with Crippen LogP contribution < -0.4 is 10.1 Å². The Morgan fingerprint density at radius 3 is 2.90 bits per heavy atom. The Bertz CT molecular complexity index is 619. The van der Waals surface area contributed by atoms with Crippen LogP contribution in [0.3, 0.4) is 0 Å². The topological polar surface area (TPSA) is 56.2 Å². The summed E-state index contributed by atoms with van der Waals surface area (Å²) in [6.45, 7) is 6.22. The highest BCUT2D eigenvalue weighted by Crippen LogP contribution is 2.22. The number of Topliss-reactive ketones (excluding diaryl/α,β-unsaturated/α-hetero) is 1. The maximum absolute atomic E-state index is 11.3. The first-order valence-electron chi connectivity index (χ1n) is 7.39. The number of aryl methyl sites for hydroxylation is 1. The van der Waals surface area contributed by atoms with Crippen molar-refractivity contribution in [3.63, 3.8) is 0 Å². The second-order valence-electron chi connectivity index (χ2n) is 5.09. The smallest absolute Gasteiger partial charge is 0.131 e. The highest BCUT2D eigenvalue weighted by atomic mass is 16.5. The van der Waals surface area contributed by atoms with E-state index in [0.717, 1.165) is 42.1 Å². The van der Waals surface area contributed by atoms with Crippen LogP contribution in [0.15, 0.2) is 18.2 Å². The summed E-state index contributed by atoms with van der Waals surface area (Å²) in [7, 11) is 1.65. The SMILES string of the molecule is CCNCCc1nc2cc(OC)ccc2n1CCC(C)=O. The molecule has 0 unspecified atom stereocenters. The largest absolute Gasteiger partial charge is 0.497 e. The normalized spacial score (nSPS) is 11.0.